The fourth-order valence-corrected chi connectivity index (χ4v) is 4.61. The second kappa shape index (κ2) is 4.07. The molecule has 2 heterocycles. The molecule has 3 unspecified atom stereocenters. The SMILES string of the molecule is NC1CC2CCC(C1)N2C1CCc2ccccc21. The number of nitrogens with two attached hydrogens (primary N) is 1. The average Bonchev–Trinajstić information content (AvgIpc) is 2.89. The summed E-state index contributed by atoms with van der Waals surface area (Å²) in [7, 11) is 0. The molecule has 0 spiro atoms. The van der Waals surface area contributed by atoms with Gasteiger partial charge >= 0.3 is 0 Å². The molecular formula is C16H22N2. The molecule has 0 saturated carbocycles. The van der Waals surface area contributed by atoms with E-state index >= 15 is 0 Å². The maximum absolute atomic E-state index is 6.18. The van der Waals surface area contributed by atoms with Gasteiger partial charge in [-0.3, -0.25) is 4.90 Å². The molecule has 1 aromatic carbocycles. The first-order valence-electron chi connectivity index (χ1n) is 7.44. The van der Waals surface area contributed by atoms with E-state index in [4.69, 9.17) is 5.73 Å². The highest BCUT2D eigenvalue weighted by Crippen LogP contribution is 2.45. The average molecular weight is 242 g/mol. The summed E-state index contributed by atoms with van der Waals surface area (Å²) in [5.74, 6) is 0. The van der Waals surface area contributed by atoms with E-state index in [9.17, 15) is 0 Å². The van der Waals surface area contributed by atoms with Crippen LogP contribution in [0.3, 0.4) is 0 Å². The number of hydrogen-bond donors (Lipinski definition) is 1. The summed E-state index contributed by atoms with van der Waals surface area (Å²) < 4.78 is 0. The number of rotatable bonds is 1. The monoisotopic (exact) mass is 242 g/mol. The summed E-state index contributed by atoms with van der Waals surface area (Å²) in [6.45, 7) is 0. The van der Waals surface area contributed by atoms with Crippen LogP contribution in [0.5, 0.6) is 0 Å². The summed E-state index contributed by atoms with van der Waals surface area (Å²) in [4.78, 5) is 2.83. The number of fused-ring (bicyclic) bond motifs is 3. The Morgan fingerprint density at radius 2 is 1.72 bits per heavy atom. The minimum absolute atomic E-state index is 0.454. The van der Waals surface area contributed by atoms with Crippen molar-refractivity contribution < 1.29 is 0 Å². The highest BCUT2D eigenvalue weighted by molar-refractivity contribution is 5.35. The zero-order chi connectivity index (χ0) is 12.1. The topological polar surface area (TPSA) is 29.3 Å². The van der Waals surface area contributed by atoms with Crippen LogP contribution < -0.4 is 5.73 Å². The Labute approximate surface area is 109 Å². The van der Waals surface area contributed by atoms with Crippen LogP contribution in [0, 0.1) is 0 Å². The molecule has 2 nitrogen and oxygen atoms in total. The van der Waals surface area contributed by atoms with Crippen molar-refractivity contribution in [1.82, 2.24) is 4.90 Å². The Morgan fingerprint density at radius 1 is 1.00 bits per heavy atom. The van der Waals surface area contributed by atoms with E-state index < -0.39 is 0 Å². The van der Waals surface area contributed by atoms with Gasteiger partial charge in [0.15, 0.2) is 0 Å². The third-order valence-corrected chi connectivity index (χ3v) is 5.29. The zero-order valence-electron chi connectivity index (χ0n) is 10.9. The van der Waals surface area contributed by atoms with Crippen LogP contribution in [0.1, 0.15) is 49.3 Å². The lowest BCUT2D eigenvalue weighted by molar-refractivity contribution is 0.0774. The second-order valence-corrected chi connectivity index (χ2v) is 6.32. The summed E-state index contributed by atoms with van der Waals surface area (Å²) in [5, 5.41) is 0. The van der Waals surface area contributed by atoms with Gasteiger partial charge in [-0.25, -0.2) is 0 Å². The zero-order valence-corrected chi connectivity index (χ0v) is 10.9. The lowest BCUT2D eigenvalue weighted by atomic mass is 9.94. The van der Waals surface area contributed by atoms with Crippen LogP contribution in [0.2, 0.25) is 0 Å². The van der Waals surface area contributed by atoms with E-state index in [-0.39, 0.29) is 0 Å². The van der Waals surface area contributed by atoms with Gasteiger partial charge in [-0.15, -0.1) is 0 Å². The molecule has 0 amide bonds. The van der Waals surface area contributed by atoms with Crippen molar-refractivity contribution in [2.45, 2.75) is 62.7 Å². The van der Waals surface area contributed by atoms with Crippen molar-refractivity contribution in [2.24, 2.45) is 5.73 Å². The van der Waals surface area contributed by atoms with Crippen molar-refractivity contribution in [3.05, 3.63) is 35.4 Å². The van der Waals surface area contributed by atoms with Gasteiger partial charge in [0, 0.05) is 24.2 Å². The van der Waals surface area contributed by atoms with Crippen molar-refractivity contribution in [3.8, 4) is 0 Å². The molecule has 18 heavy (non-hydrogen) atoms. The Morgan fingerprint density at radius 3 is 2.50 bits per heavy atom. The molecule has 1 aliphatic carbocycles. The van der Waals surface area contributed by atoms with Crippen molar-refractivity contribution in [1.29, 1.82) is 0 Å². The first kappa shape index (κ1) is 11.0. The van der Waals surface area contributed by atoms with Crippen LogP contribution in [0.15, 0.2) is 24.3 Å². The van der Waals surface area contributed by atoms with Crippen LogP contribution in [0.4, 0.5) is 0 Å². The van der Waals surface area contributed by atoms with Gasteiger partial charge in [0.1, 0.15) is 0 Å². The lowest BCUT2D eigenvalue weighted by Gasteiger charge is -2.42. The van der Waals surface area contributed by atoms with Crippen molar-refractivity contribution in [2.75, 3.05) is 0 Å². The Bertz CT molecular complexity index is 442. The highest BCUT2D eigenvalue weighted by atomic mass is 15.3. The van der Waals surface area contributed by atoms with Crippen LogP contribution in [-0.2, 0) is 6.42 Å². The molecule has 2 N–H and O–H groups in total. The first-order chi connectivity index (χ1) is 8.83. The minimum atomic E-state index is 0.454. The van der Waals surface area contributed by atoms with Crippen LogP contribution >= 0.6 is 0 Å². The van der Waals surface area contributed by atoms with E-state index in [1.165, 1.54) is 38.5 Å². The normalized spacial score (nSPS) is 38.9. The quantitative estimate of drug-likeness (QED) is 0.820. The highest BCUT2D eigenvalue weighted by Gasteiger charge is 2.44. The fourth-order valence-electron chi connectivity index (χ4n) is 4.61. The molecule has 3 atom stereocenters. The third-order valence-electron chi connectivity index (χ3n) is 5.29. The van der Waals surface area contributed by atoms with E-state index in [1.807, 2.05) is 0 Å². The molecular weight excluding hydrogens is 220 g/mol. The maximum Gasteiger partial charge on any atom is 0.0359 e. The standard InChI is InChI=1S/C16H22N2/c17-12-9-13-6-7-14(10-12)18(13)16-8-5-11-3-1-2-4-15(11)16/h1-4,12-14,16H,5-10,17H2. The van der Waals surface area contributed by atoms with Gasteiger partial charge in [-0.2, -0.15) is 0 Å². The molecule has 96 valence electrons. The molecule has 2 bridgehead atoms. The molecule has 2 aliphatic heterocycles. The second-order valence-electron chi connectivity index (χ2n) is 6.32. The molecule has 4 rings (SSSR count). The fraction of sp³-hybridized carbons (Fsp3) is 0.625. The maximum atomic E-state index is 6.18. The van der Waals surface area contributed by atoms with E-state index in [0.717, 1.165) is 12.1 Å². The summed E-state index contributed by atoms with van der Waals surface area (Å²) in [6, 6.07) is 11.7. The molecule has 1 aromatic rings. The molecule has 2 saturated heterocycles. The van der Waals surface area contributed by atoms with Crippen LogP contribution in [0.25, 0.3) is 0 Å². The molecule has 0 radical (unpaired) electrons. The van der Waals surface area contributed by atoms with Gasteiger partial charge < -0.3 is 5.73 Å². The number of aryl methyl sites for hydroxylation is 1. The van der Waals surface area contributed by atoms with Crippen molar-refractivity contribution in [3.63, 3.8) is 0 Å². The molecule has 2 fully saturated rings. The Balaban J connectivity index is 1.66. The number of hydrogen-bond acceptors (Lipinski definition) is 2. The Hall–Kier alpha value is -0.860. The van der Waals surface area contributed by atoms with E-state index in [1.54, 1.807) is 11.1 Å². The molecule has 2 heteroatoms. The summed E-state index contributed by atoms with van der Waals surface area (Å²) in [6.07, 6.45) is 7.77. The Kier molecular flexibility index (Phi) is 2.49. The largest absolute Gasteiger partial charge is 0.328 e. The number of benzene rings is 1. The smallest absolute Gasteiger partial charge is 0.0359 e. The van der Waals surface area contributed by atoms with E-state index in [0.29, 0.717) is 12.1 Å². The van der Waals surface area contributed by atoms with E-state index in [2.05, 4.69) is 29.2 Å². The predicted octanol–water partition coefficient (Wildman–Crippen LogP) is 2.63. The first-order valence-corrected chi connectivity index (χ1v) is 7.44. The summed E-state index contributed by atoms with van der Waals surface area (Å²) >= 11 is 0. The van der Waals surface area contributed by atoms with Gasteiger partial charge in [-0.05, 0) is 49.7 Å². The minimum Gasteiger partial charge on any atom is -0.328 e. The van der Waals surface area contributed by atoms with Gasteiger partial charge in [0.2, 0.25) is 0 Å². The van der Waals surface area contributed by atoms with Crippen molar-refractivity contribution >= 4 is 0 Å². The lowest BCUT2D eigenvalue weighted by Crippen LogP contribution is -2.48. The third kappa shape index (κ3) is 1.55. The summed E-state index contributed by atoms with van der Waals surface area (Å²) in [5.41, 5.74) is 9.37. The number of nitrogens with zero attached hydrogens (tertiary/aromatic N) is 1. The van der Waals surface area contributed by atoms with Gasteiger partial charge in [-0.1, -0.05) is 24.3 Å². The molecule has 3 aliphatic rings. The van der Waals surface area contributed by atoms with Gasteiger partial charge in [0.05, 0.1) is 0 Å². The molecule has 0 aromatic heterocycles. The number of piperidine rings is 1. The predicted molar refractivity (Wildman–Crippen MR) is 73.4 cm³/mol. The van der Waals surface area contributed by atoms with Crippen LogP contribution in [-0.4, -0.2) is 23.0 Å². The van der Waals surface area contributed by atoms with Gasteiger partial charge in [0.25, 0.3) is 0 Å².